The molecule has 2 rings (SSSR count). The molecule has 0 heterocycles. The Kier molecular flexibility index (Phi) is 8.98. The van der Waals surface area contributed by atoms with E-state index >= 15 is 0 Å². The minimum atomic E-state index is -1.09. The quantitative estimate of drug-likeness (QED) is 0.477. The van der Waals surface area contributed by atoms with Crippen LogP contribution >= 0.6 is 11.6 Å². The van der Waals surface area contributed by atoms with Crippen LogP contribution in [0.4, 0.5) is 10.5 Å². The second-order valence-corrected chi connectivity index (χ2v) is 6.38. The molecule has 2 amide bonds. The molecule has 0 aliphatic carbocycles. The summed E-state index contributed by atoms with van der Waals surface area (Å²) in [5.41, 5.74) is 1.70. The van der Waals surface area contributed by atoms with Gasteiger partial charge in [0.2, 0.25) is 5.91 Å². The van der Waals surface area contributed by atoms with Crippen LogP contribution in [0.3, 0.4) is 0 Å². The standard InChI is InChI=1S/C21H23ClN2O5/c1-2-11-28-20(26)19(16-9-6-10-17(12-16)23-18(25)13-22)24-21(27)29-14-15-7-4-3-5-8-15/h3-10,12,19H,2,11,13-14H2,1H3,(H,23,25)(H,24,27)/t19-/m0/s1. The van der Waals surface area contributed by atoms with Crippen LogP contribution in [0.5, 0.6) is 0 Å². The van der Waals surface area contributed by atoms with Crippen molar-refractivity contribution in [3.63, 3.8) is 0 Å². The van der Waals surface area contributed by atoms with Gasteiger partial charge in [0.15, 0.2) is 6.04 Å². The number of halogens is 1. The number of rotatable bonds is 9. The Hall–Kier alpha value is -3.06. The minimum Gasteiger partial charge on any atom is -0.464 e. The predicted octanol–water partition coefficient (Wildman–Crippen LogP) is 3.78. The molecule has 29 heavy (non-hydrogen) atoms. The molecule has 2 aromatic carbocycles. The van der Waals surface area contributed by atoms with Gasteiger partial charge >= 0.3 is 12.1 Å². The topological polar surface area (TPSA) is 93.7 Å². The lowest BCUT2D eigenvalue weighted by atomic mass is 10.1. The van der Waals surface area contributed by atoms with Gasteiger partial charge in [0, 0.05) is 5.69 Å². The smallest absolute Gasteiger partial charge is 0.408 e. The van der Waals surface area contributed by atoms with E-state index in [4.69, 9.17) is 21.1 Å². The summed E-state index contributed by atoms with van der Waals surface area (Å²) in [6.45, 7) is 2.15. The normalized spacial score (nSPS) is 11.2. The minimum absolute atomic E-state index is 0.0647. The summed E-state index contributed by atoms with van der Waals surface area (Å²) in [7, 11) is 0. The lowest BCUT2D eigenvalue weighted by Gasteiger charge is -2.18. The van der Waals surface area contributed by atoms with Crippen molar-refractivity contribution in [2.24, 2.45) is 0 Å². The molecule has 0 fully saturated rings. The summed E-state index contributed by atoms with van der Waals surface area (Å²) < 4.78 is 10.4. The van der Waals surface area contributed by atoms with Gasteiger partial charge in [0.25, 0.3) is 0 Å². The maximum atomic E-state index is 12.5. The highest BCUT2D eigenvalue weighted by atomic mass is 35.5. The van der Waals surface area contributed by atoms with E-state index in [1.807, 2.05) is 37.3 Å². The first-order valence-corrected chi connectivity index (χ1v) is 9.66. The van der Waals surface area contributed by atoms with Crippen LogP contribution in [0, 0.1) is 0 Å². The maximum absolute atomic E-state index is 12.5. The highest BCUT2D eigenvalue weighted by Gasteiger charge is 2.25. The molecule has 1 atom stereocenters. The van der Waals surface area contributed by atoms with E-state index in [0.29, 0.717) is 17.7 Å². The number of carbonyl (C=O) groups is 3. The van der Waals surface area contributed by atoms with E-state index in [0.717, 1.165) is 5.56 Å². The molecule has 0 saturated carbocycles. The number of carbonyl (C=O) groups excluding carboxylic acids is 3. The van der Waals surface area contributed by atoms with Gasteiger partial charge in [-0.25, -0.2) is 9.59 Å². The molecule has 0 bridgehead atoms. The van der Waals surface area contributed by atoms with Crippen molar-refractivity contribution in [3.8, 4) is 0 Å². The van der Waals surface area contributed by atoms with Crippen molar-refractivity contribution < 1.29 is 23.9 Å². The maximum Gasteiger partial charge on any atom is 0.408 e. The highest BCUT2D eigenvalue weighted by molar-refractivity contribution is 6.29. The third-order valence-corrected chi connectivity index (χ3v) is 4.03. The van der Waals surface area contributed by atoms with E-state index < -0.39 is 18.1 Å². The fourth-order valence-electron chi connectivity index (χ4n) is 2.44. The molecular formula is C21H23ClN2O5. The van der Waals surface area contributed by atoms with Gasteiger partial charge in [-0.15, -0.1) is 11.6 Å². The fraction of sp³-hybridized carbons (Fsp3) is 0.286. The van der Waals surface area contributed by atoms with E-state index in [9.17, 15) is 14.4 Å². The average Bonchev–Trinajstić information content (AvgIpc) is 2.75. The highest BCUT2D eigenvalue weighted by Crippen LogP contribution is 2.20. The van der Waals surface area contributed by atoms with E-state index in [2.05, 4.69) is 10.6 Å². The summed E-state index contributed by atoms with van der Waals surface area (Å²) in [6, 6.07) is 14.6. The third kappa shape index (κ3) is 7.46. The van der Waals surface area contributed by atoms with Gasteiger partial charge in [-0.05, 0) is 29.7 Å². The predicted molar refractivity (Wildman–Crippen MR) is 110 cm³/mol. The second kappa shape index (κ2) is 11.7. The molecule has 2 aromatic rings. The number of ether oxygens (including phenoxy) is 2. The second-order valence-electron chi connectivity index (χ2n) is 6.11. The van der Waals surface area contributed by atoms with Gasteiger partial charge < -0.3 is 20.1 Å². The zero-order valence-corrected chi connectivity index (χ0v) is 16.8. The van der Waals surface area contributed by atoms with Crippen molar-refractivity contribution in [2.45, 2.75) is 26.0 Å². The molecule has 0 radical (unpaired) electrons. The first kappa shape index (κ1) is 22.2. The lowest BCUT2D eigenvalue weighted by molar-refractivity contribution is -0.146. The van der Waals surface area contributed by atoms with E-state index in [1.165, 1.54) is 0 Å². The molecule has 0 aliphatic heterocycles. The number of anilines is 1. The van der Waals surface area contributed by atoms with Gasteiger partial charge in [-0.1, -0.05) is 49.4 Å². The Bertz CT molecular complexity index is 829. The zero-order valence-electron chi connectivity index (χ0n) is 16.0. The van der Waals surface area contributed by atoms with Crippen molar-refractivity contribution in [1.29, 1.82) is 0 Å². The average molecular weight is 419 g/mol. The molecule has 0 saturated heterocycles. The van der Waals surface area contributed by atoms with Gasteiger partial charge in [-0.2, -0.15) is 0 Å². The summed E-state index contributed by atoms with van der Waals surface area (Å²) in [5.74, 6) is -1.20. The SMILES string of the molecule is CCCOC(=O)[C@@H](NC(=O)OCc1ccccc1)c1cccc(NC(=O)CCl)c1. The third-order valence-electron chi connectivity index (χ3n) is 3.78. The number of alkyl carbamates (subject to hydrolysis) is 1. The molecule has 0 aliphatic rings. The number of esters is 1. The molecule has 7 nitrogen and oxygen atoms in total. The first-order chi connectivity index (χ1) is 14.0. The fourth-order valence-corrected chi connectivity index (χ4v) is 2.50. The first-order valence-electron chi connectivity index (χ1n) is 9.13. The number of amides is 2. The Labute approximate surface area is 174 Å². The van der Waals surface area contributed by atoms with Gasteiger partial charge in [-0.3, -0.25) is 4.79 Å². The molecule has 0 spiro atoms. The van der Waals surface area contributed by atoms with Crippen LogP contribution in [0.15, 0.2) is 54.6 Å². The summed E-state index contributed by atoms with van der Waals surface area (Å²) in [5, 5.41) is 5.13. The van der Waals surface area contributed by atoms with Crippen LogP contribution in [0.25, 0.3) is 0 Å². The zero-order chi connectivity index (χ0) is 21.1. The molecule has 2 N–H and O–H groups in total. The number of hydrogen-bond donors (Lipinski definition) is 2. The van der Waals surface area contributed by atoms with E-state index in [-0.39, 0.29) is 25.0 Å². The Morgan fingerprint density at radius 1 is 1.03 bits per heavy atom. The van der Waals surface area contributed by atoms with E-state index in [1.54, 1.807) is 24.3 Å². The monoisotopic (exact) mass is 418 g/mol. The van der Waals surface area contributed by atoms with Crippen molar-refractivity contribution in [3.05, 3.63) is 65.7 Å². The lowest BCUT2D eigenvalue weighted by Crippen LogP contribution is -2.35. The molecule has 0 aromatic heterocycles. The largest absolute Gasteiger partial charge is 0.464 e. The van der Waals surface area contributed by atoms with Crippen LogP contribution in [-0.4, -0.2) is 30.5 Å². The van der Waals surface area contributed by atoms with Crippen molar-refractivity contribution in [1.82, 2.24) is 5.32 Å². The van der Waals surface area contributed by atoms with Gasteiger partial charge in [0.1, 0.15) is 12.5 Å². The van der Waals surface area contributed by atoms with Crippen LogP contribution < -0.4 is 10.6 Å². The van der Waals surface area contributed by atoms with Crippen LogP contribution in [0.2, 0.25) is 0 Å². The number of hydrogen-bond acceptors (Lipinski definition) is 5. The molecular weight excluding hydrogens is 396 g/mol. The van der Waals surface area contributed by atoms with Crippen molar-refractivity contribution >= 4 is 35.3 Å². The number of alkyl halides is 1. The summed E-state index contributed by atoms with van der Waals surface area (Å²) in [4.78, 5) is 36.3. The number of benzene rings is 2. The summed E-state index contributed by atoms with van der Waals surface area (Å²) in [6.07, 6.45) is -0.120. The molecule has 154 valence electrons. The van der Waals surface area contributed by atoms with Crippen LogP contribution in [0.1, 0.15) is 30.5 Å². The summed E-state index contributed by atoms with van der Waals surface area (Å²) >= 11 is 5.51. The number of nitrogens with one attached hydrogen (secondary N) is 2. The van der Waals surface area contributed by atoms with Crippen LogP contribution in [-0.2, 0) is 25.7 Å². The Morgan fingerprint density at radius 3 is 2.48 bits per heavy atom. The Balaban J connectivity index is 2.12. The molecule has 0 unspecified atom stereocenters. The van der Waals surface area contributed by atoms with Crippen molar-refractivity contribution in [2.75, 3.05) is 17.8 Å². The molecule has 8 heteroatoms. The van der Waals surface area contributed by atoms with Gasteiger partial charge in [0.05, 0.1) is 6.61 Å². The Morgan fingerprint density at radius 2 is 1.79 bits per heavy atom.